The van der Waals surface area contributed by atoms with E-state index in [0.29, 0.717) is 5.76 Å². The lowest BCUT2D eigenvalue weighted by Gasteiger charge is -2.12. The van der Waals surface area contributed by atoms with Gasteiger partial charge in [0.15, 0.2) is 11.5 Å². The molecule has 0 saturated heterocycles. The maximum atomic E-state index is 10.8. The molecule has 0 atom stereocenters. The lowest BCUT2D eigenvalue weighted by atomic mass is 10.1. The van der Waals surface area contributed by atoms with Crippen LogP contribution in [0.3, 0.4) is 0 Å². The third-order valence-electron chi connectivity index (χ3n) is 3.23. The van der Waals surface area contributed by atoms with E-state index in [1.807, 2.05) is 19.2 Å². The van der Waals surface area contributed by atoms with Crippen molar-refractivity contribution in [1.29, 1.82) is 0 Å². The summed E-state index contributed by atoms with van der Waals surface area (Å²) >= 11 is 0. The molecule has 3 rings (SSSR count). The van der Waals surface area contributed by atoms with E-state index >= 15 is 0 Å². The standard InChI is InChI=1S/C13H12N2O3/c1-15-5-4-8-2-3-9(6-11(8)15)12-7-10(13(16)17)14-18-12/h2-3,6-7H,4-5H2,1H3,(H,16,17). The number of hydrogen-bond acceptors (Lipinski definition) is 4. The normalized spacial score (nSPS) is 13.7. The highest BCUT2D eigenvalue weighted by atomic mass is 16.5. The minimum absolute atomic E-state index is 0.0705. The van der Waals surface area contributed by atoms with Crippen LogP contribution in [0.15, 0.2) is 28.8 Å². The fraction of sp³-hybridized carbons (Fsp3) is 0.231. The molecule has 2 heterocycles. The van der Waals surface area contributed by atoms with Gasteiger partial charge in [-0.15, -0.1) is 0 Å². The molecule has 1 aliphatic rings. The molecule has 92 valence electrons. The van der Waals surface area contributed by atoms with Crippen LogP contribution in [0.5, 0.6) is 0 Å². The fourth-order valence-corrected chi connectivity index (χ4v) is 2.20. The van der Waals surface area contributed by atoms with Gasteiger partial charge in [-0.25, -0.2) is 4.79 Å². The van der Waals surface area contributed by atoms with E-state index in [2.05, 4.69) is 16.1 Å². The summed E-state index contributed by atoms with van der Waals surface area (Å²) in [5.41, 5.74) is 3.25. The Morgan fingerprint density at radius 3 is 3.00 bits per heavy atom. The molecule has 0 fully saturated rings. The van der Waals surface area contributed by atoms with Gasteiger partial charge in [-0.05, 0) is 18.1 Å². The number of anilines is 1. The van der Waals surface area contributed by atoms with Gasteiger partial charge >= 0.3 is 5.97 Å². The number of fused-ring (bicyclic) bond motifs is 1. The zero-order chi connectivity index (χ0) is 12.7. The van der Waals surface area contributed by atoms with Crippen LogP contribution in [-0.2, 0) is 6.42 Å². The van der Waals surface area contributed by atoms with Crippen LogP contribution in [0.1, 0.15) is 16.1 Å². The molecule has 5 heteroatoms. The molecule has 0 unspecified atom stereocenters. The summed E-state index contributed by atoms with van der Waals surface area (Å²) in [5, 5.41) is 12.3. The first-order valence-corrected chi connectivity index (χ1v) is 5.69. The van der Waals surface area contributed by atoms with Gasteiger partial charge in [0.25, 0.3) is 0 Å². The minimum atomic E-state index is -1.08. The van der Waals surface area contributed by atoms with Crippen molar-refractivity contribution in [3.63, 3.8) is 0 Å². The summed E-state index contributed by atoms with van der Waals surface area (Å²) in [6.07, 6.45) is 1.04. The first-order valence-electron chi connectivity index (χ1n) is 5.69. The minimum Gasteiger partial charge on any atom is -0.476 e. The summed E-state index contributed by atoms with van der Waals surface area (Å²) in [5.74, 6) is -0.598. The predicted molar refractivity (Wildman–Crippen MR) is 65.9 cm³/mol. The van der Waals surface area contributed by atoms with Gasteiger partial charge in [0.05, 0.1) is 0 Å². The second kappa shape index (κ2) is 3.87. The third-order valence-corrected chi connectivity index (χ3v) is 3.23. The second-order valence-electron chi connectivity index (χ2n) is 4.40. The Balaban J connectivity index is 2.01. The lowest BCUT2D eigenvalue weighted by molar-refractivity contribution is 0.0686. The van der Waals surface area contributed by atoms with Crippen molar-refractivity contribution in [3.8, 4) is 11.3 Å². The molecular weight excluding hydrogens is 232 g/mol. The third kappa shape index (κ3) is 1.64. The Hall–Kier alpha value is -2.30. The number of nitrogens with zero attached hydrogens (tertiary/aromatic N) is 2. The molecule has 0 spiro atoms. The number of benzene rings is 1. The van der Waals surface area contributed by atoms with Crippen molar-refractivity contribution in [2.24, 2.45) is 0 Å². The van der Waals surface area contributed by atoms with E-state index in [9.17, 15) is 4.79 Å². The predicted octanol–water partition coefficient (Wildman–Crippen LogP) is 2.03. The first kappa shape index (κ1) is 10.8. The average Bonchev–Trinajstić information content (AvgIpc) is 2.96. The van der Waals surface area contributed by atoms with E-state index in [4.69, 9.17) is 9.63 Å². The monoisotopic (exact) mass is 244 g/mol. The molecule has 0 aliphatic carbocycles. The Kier molecular flexibility index (Phi) is 2.33. The maximum Gasteiger partial charge on any atom is 0.358 e. The highest BCUT2D eigenvalue weighted by molar-refractivity contribution is 5.86. The Labute approximate surface area is 104 Å². The van der Waals surface area contributed by atoms with Crippen LogP contribution >= 0.6 is 0 Å². The summed E-state index contributed by atoms with van der Waals surface area (Å²) in [6, 6.07) is 7.44. The van der Waals surface area contributed by atoms with Crippen molar-refractivity contribution in [3.05, 3.63) is 35.5 Å². The molecule has 0 radical (unpaired) electrons. The van der Waals surface area contributed by atoms with E-state index in [-0.39, 0.29) is 5.69 Å². The van der Waals surface area contributed by atoms with Crippen molar-refractivity contribution in [2.45, 2.75) is 6.42 Å². The van der Waals surface area contributed by atoms with E-state index in [1.54, 1.807) is 0 Å². The van der Waals surface area contributed by atoms with E-state index < -0.39 is 5.97 Å². The van der Waals surface area contributed by atoms with Gasteiger partial charge in [-0.3, -0.25) is 0 Å². The zero-order valence-corrected chi connectivity index (χ0v) is 9.88. The number of aromatic carboxylic acids is 1. The van der Waals surface area contributed by atoms with Crippen molar-refractivity contribution in [1.82, 2.24) is 5.16 Å². The molecule has 1 aromatic carbocycles. The van der Waals surface area contributed by atoms with Gasteiger partial charge in [-0.1, -0.05) is 17.3 Å². The summed E-state index contributed by atoms with van der Waals surface area (Å²) < 4.78 is 5.06. The van der Waals surface area contributed by atoms with Crippen LogP contribution < -0.4 is 4.90 Å². The van der Waals surface area contributed by atoms with Crippen molar-refractivity contribution >= 4 is 11.7 Å². The Morgan fingerprint density at radius 2 is 2.28 bits per heavy atom. The summed E-state index contributed by atoms with van der Waals surface area (Å²) in [4.78, 5) is 12.9. The van der Waals surface area contributed by atoms with Crippen LogP contribution in [-0.4, -0.2) is 29.8 Å². The van der Waals surface area contributed by atoms with Crippen LogP contribution in [0.4, 0.5) is 5.69 Å². The molecular formula is C13H12N2O3. The van der Waals surface area contributed by atoms with Gasteiger partial charge in [0, 0.05) is 30.9 Å². The molecule has 18 heavy (non-hydrogen) atoms. The van der Waals surface area contributed by atoms with Crippen LogP contribution in [0.2, 0.25) is 0 Å². The maximum absolute atomic E-state index is 10.8. The number of aromatic nitrogens is 1. The molecule has 1 aromatic heterocycles. The molecule has 2 aromatic rings. The smallest absolute Gasteiger partial charge is 0.358 e. The summed E-state index contributed by atoms with van der Waals surface area (Å²) in [6.45, 7) is 1.01. The highest BCUT2D eigenvalue weighted by Crippen LogP contribution is 2.32. The number of likely N-dealkylation sites (N-methyl/N-ethyl adjacent to an activating group) is 1. The Bertz CT molecular complexity index is 618. The molecule has 0 amide bonds. The molecule has 5 nitrogen and oxygen atoms in total. The highest BCUT2D eigenvalue weighted by Gasteiger charge is 2.18. The number of carboxylic acid groups (broad SMARTS) is 1. The van der Waals surface area contributed by atoms with Gasteiger partial charge in [0.2, 0.25) is 0 Å². The average molecular weight is 244 g/mol. The molecule has 1 aliphatic heterocycles. The first-order chi connectivity index (χ1) is 8.65. The van der Waals surface area contributed by atoms with Crippen LogP contribution in [0, 0.1) is 0 Å². The number of carboxylic acids is 1. The van der Waals surface area contributed by atoms with Crippen LogP contribution in [0.25, 0.3) is 11.3 Å². The second-order valence-corrected chi connectivity index (χ2v) is 4.40. The van der Waals surface area contributed by atoms with Gasteiger partial charge in [0.1, 0.15) is 0 Å². The largest absolute Gasteiger partial charge is 0.476 e. The zero-order valence-electron chi connectivity index (χ0n) is 9.88. The van der Waals surface area contributed by atoms with Crippen molar-refractivity contribution < 1.29 is 14.4 Å². The number of hydrogen-bond donors (Lipinski definition) is 1. The Morgan fingerprint density at radius 1 is 1.44 bits per heavy atom. The number of carbonyl (C=O) groups is 1. The number of rotatable bonds is 2. The van der Waals surface area contributed by atoms with E-state index in [0.717, 1.165) is 18.5 Å². The lowest BCUT2D eigenvalue weighted by Crippen LogP contribution is -2.12. The van der Waals surface area contributed by atoms with E-state index in [1.165, 1.54) is 17.3 Å². The quantitative estimate of drug-likeness (QED) is 0.875. The topological polar surface area (TPSA) is 66.6 Å². The fourth-order valence-electron chi connectivity index (χ4n) is 2.20. The van der Waals surface area contributed by atoms with Gasteiger partial charge in [-0.2, -0.15) is 0 Å². The summed E-state index contributed by atoms with van der Waals surface area (Å²) in [7, 11) is 2.04. The molecule has 1 N–H and O–H groups in total. The SMILES string of the molecule is CN1CCc2ccc(-c3cc(C(=O)O)no3)cc21. The molecule has 0 saturated carbocycles. The van der Waals surface area contributed by atoms with Crippen molar-refractivity contribution in [2.75, 3.05) is 18.5 Å². The van der Waals surface area contributed by atoms with Gasteiger partial charge < -0.3 is 14.5 Å². The molecule has 0 bridgehead atoms.